The van der Waals surface area contributed by atoms with Crippen LogP contribution in [0.5, 0.6) is 0 Å². The molecule has 2 N–H and O–H groups in total. The van der Waals surface area contributed by atoms with Gasteiger partial charge in [0.1, 0.15) is 5.78 Å². The van der Waals surface area contributed by atoms with E-state index in [2.05, 4.69) is 0 Å². The highest BCUT2D eigenvalue weighted by atomic mass is 16.1. The topological polar surface area (TPSA) is 43.1 Å². The van der Waals surface area contributed by atoms with Crippen LogP contribution < -0.4 is 5.73 Å². The Bertz CT molecular complexity index is 182. The van der Waals surface area contributed by atoms with Crippen LogP contribution >= 0.6 is 0 Å². The van der Waals surface area contributed by atoms with Crippen LogP contribution in [-0.2, 0) is 4.79 Å². The summed E-state index contributed by atoms with van der Waals surface area (Å²) in [6.07, 6.45) is 9.29. The molecule has 0 fully saturated rings. The highest BCUT2D eigenvalue weighted by molar-refractivity contribution is 5.83. The van der Waals surface area contributed by atoms with Crippen LogP contribution in [0.3, 0.4) is 0 Å². The molecule has 0 aromatic carbocycles. The molecule has 0 saturated heterocycles. The van der Waals surface area contributed by atoms with E-state index in [0.717, 1.165) is 25.8 Å². The second-order valence-electron chi connectivity index (χ2n) is 5.69. The minimum absolute atomic E-state index is 0.152. The number of ketones is 1. The van der Waals surface area contributed by atoms with Gasteiger partial charge in [0.2, 0.25) is 0 Å². The molecule has 2 heteroatoms. The number of Topliss-reactive ketones (excluding diaryl/α,β-unsaturated/α-hetero) is 1. The lowest BCUT2D eigenvalue weighted by Gasteiger charge is -2.16. The van der Waals surface area contributed by atoms with Gasteiger partial charge in [0.05, 0.1) is 0 Å². The summed E-state index contributed by atoms with van der Waals surface area (Å²) in [6, 6.07) is 0. The van der Waals surface area contributed by atoms with Crippen molar-refractivity contribution in [3.8, 4) is 0 Å². The van der Waals surface area contributed by atoms with Crippen molar-refractivity contribution in [3.63, 3.8) is 0 Å². The first-order chi connectivity index (χ1) is 7.48. The van der Waals surface area contributed by atoms with Crippen LogP contribution in [0.4, 0.5) is 0 Å². The first-order valence-corrected chi connectivity index (χ1v) is 6.72. The normalized spacial score (nSPS) is 11.8. The lowest BCUT2D eigenvalue weighted by atomic mass is 9.88. The molecule has 0 aliphatic rings. The Morgan fingerprint density at radius 3 is 1.75 bits per heavy atom. The summed E-state index contributed by atoms with van der Waals surface area (Å²) in [5.74, 6) is 0.399. The molecule has 0 heterocycles. The van der Waals surface area contributed by atoms with Crippen molar-refractivity contribution in [2.45, 2.75) is 72.1 Å². The van der Waals surface area contributed by atoms with E-state index in [1.807, 2.05) is 20.8 Å². The van der Waals surface area contributed by atoms with Crippen LogP contribution in [0.25, 0.3) is 0 Å². The van der Waals surface area contributed by atoms with Gasteiger partial charge in [-0.1, -0.05) is 52.9 Å². The summed E-state index contributed by atoms with van der Waals surface area (Å²) in [5, 5.41) is 0. The second kappa shape index (κ2) is 8.74. The summed E-state index contributed by atoms with van der Waals surface area (Å²) < 4.78 is 0. The fourth-order valence-corrected chi connectivity index (χ4v) is 1.69. The summed E-state index contributed by atoms with van der Waals surface area (Å²) in [4.78, 5) is 11.6. The number of hydrogen-bond acceptors (Lipinski definition) is 2. The maximum atomic E-state index is 11.6. The Hall–Kier alpha value is -0.370. The fourth-order valence-electron chi connectivity index (χ4n) is 1.69. The summed E-state index contributed by atoms with van der Waals surface area (Å²) in [7, 11) is 0. The van der Waals surface area contributed by atoms with Crippen molar-refractivity contribution >= 4 is 5.78 Å². The van der Waals surface area contributed by atoms with Crippen LogP contribution in [0.2, 0.25) is 0 Å². The van der Waals surface area contributed by atoms with Crippen LogP contribution in [0, 0.1) is 5.41 Å². The maximum Gasteiger partial charge on any atom is 0.138 e. The molecule has 0 saturated carbocycles. The number of carbonyl (C=O) groups is 1. The molecular formula is C14H29NO. The van der Waals surface area contributed by atoms with Gasteiger partial charge in [0, 0.05) is 11.8 Å². The van der Waals surface area contributed by atoms with Gasteiger partial charge in [-0.05, 0) is 19.4 Å². The molecule has 0 unspecified atom stereocenters. The second-order valence-corrected chi connectivity index (χ2v) is 5.69. The molecule has 0 amide bonds. The highest BCUT2D eigenvalue weighted by Gasteiger charge is 2.19. The highest BCUT2D eigenvalue weighted by Crippen LogP contribution is 2.19. The molecule has 0 radical (unpaired) electrons. The molecule has 0 atom stereocenters. The number of nitrogens with two attached hydrogens (primary N) is 1. The van der Waals surface area contributed by atoms with Crippen molar-refractivity contribution in [1.82, 2.24) is 0 Å². The zero-order chi connectivity index (χ0) is 12.4. The Balaban J connectivity index is 3.25. The monoisotopic (exact) mass is 227 g/mol. The molecule has 2 nitrogen and oxygen atoms in total. The van der Waals surface area contributed by atoms with Gasteiger partial charge in [0.15, 0.2) is 0 Å². The summed E-state index contributed by atoms with van der Waals surface area (Å²) in [5.41, 5.74) is 5.28. The van der Waals surface area contributed by atoms with E-state index in [1.54, 1.807) is 0 Å². The van der Waals surface area contributed by atoms with Crippen LogP contribution in [0.1, 0.15) is 72.1 Å². The van der Waals surface area contributed by atoms with Crippen molar-refractivity contribution < 1.29 is 4.79 Å². The number of carbonyl (C=O) groups excluding carboxylic acids is 1. The minimum atomic E-state index is -0.152. The Morgan fingerprint density at radius 1 is 0.875 bits per heavy atom. The molecule has 96 valence electrons. The summed E-state index contributed by atoms with van der Waals surface area (Å²) in [6.45, 7) is 6.83. The quantitative estimate of drug-likeness (QED) is 0.611. The van der Waals surface area contributed by atoms with Gasteiger partial charge in [0.25, 0.3) is 0 Å². The zero-order valence-electron chi connectivity index (χ0n) is 11.3. The van der Waals surface area contributed by atoms with E-state index in [1.165, 1.54) is 32.1 Å². The first-order valence-electron chi connectivity index (χ1n) is 6.72. The third-order valence-electron chi connectivity index (χ3n) is 2.94. The van der Waals surface area contributed by atoms with Gasteiger partial charge in [-0.2, -0.15) is 0 Å². The third kappa shape index (κ3) is 8.90. The molecular weight excluding hydrogens is 198 g/mol. The van der Waals surface area contributed by atoms with Crippen LogP contribution in [-0.4, -0.2) is 12.3 Å². The van der Waals surface area contributed by atoms with E-state index < -0.39 is 0 Å². The smallest absolute Gasteiger partial charge is 0.138 e. The molecule has 16 heavy (non-hydrogen) atoms. The van der Waals surface area contributed by atoms with Crippen molar-refractivity contribution in [1.29, 1.82) is 0 Å². The van der Waals surface area contributed by atoms with E-state index in [4.69, 9.17) is 5.73 Å². The van der Waals surface area contributed by atoms with Gasteiger partial charge < -0.3 is 5.73 Å². The minimum Gasteiger partial charge on any atom is -0.330 e. The Kier molecular flexibility index (Phi) is 8.54. The third-order valence-corrected chi connectivity index (χ3v) is 2.94. The molecule has 0 aromatic heterocycles. The molecule has 0 spiro atoms. The van der Waals surface area contributed by atoms with Gasteiger partial charge >= 0.3 is 0 Å². The molecule has 0 aliphatic carbocycles. The Labute approximate surface area is 101 Å². The molecule has 0 rings (SSSR count). The van der Waals surface area contributed by atoms with Crippen molar-refractivity contribution in [2.24, 2.45) is 11.1 Å². The van der Waals surface area contributed by atoms with Crippen LogP contribution in [0.15, 0.2) is 0 Å². The number of unbranched alkanes of at least 4 members (excludes halogenated alkanes) is 6. The van der Waals surface area contributed by atoms with E-state index in [-0.39, 0.29) is 5.41 Å². The van der Waals surface area contributed by atoms with E-state index in [9.17, 15) is 4.79 Å². The maximum absolute atomic E-state index is 11.6. The fraction of sp³-hybridized carbons (Fsp3) is 0.929. The van der Waals surface area contributed by atoms with Gasteiger partial charge in [-0.15, -0.1) is 0 Å². The largest absolute Gasteiger partial charge is 0.330 e. The Morgan fingerprint density at radius 2 is 1.31 bits per heavy atom. The average Bonchev–Trinajstić information content (AvgIpc) is 2.20. The van der Waals surface area contributed by atoms with Gasteiger partial charge in [-0.3, -0.25) is 4.79 Å². The number of rotatable bonds is 9. The van der Waals surface area contributed by atoms with Crippen molar-refractivity contribution in [3.05, 3.63) is 0 Å². The molecule has 0 aromatic rings. The lowest BCUT2D eigenvalue weighted by molar-refractivity contribution is -0.126. The number of hydrogen-bond donors (Lipinski definition) is 1. The first kappa shape index (κ1) is 15.6. The standard InChI is InChI=1S/C14H29NO/c1-14(2,3)13(16)11-9-7-5-4-6-8-10-12-15/h4-12,15H2,1-3H3. The zero-order valence-corrected chi connectivity index (χ0v) is 11.3. The van der Waals surface area contributed by atoms with E-state index >= 15 is 0 Å². The SMILES string of the molecule is CC(C)(C)C(=O)CCCCCCCCCN. The van der Waals surface area contributed by atoms with Crippen molar-refractivity contribution in [2.75, 3.05) is 6.54 Å². The summed E-state index contributed by atoms with van der Waals surface area (Å²) >= 11 is 0. The predicted octanol–water partition coefficient (Wildman–Crippen LogP) is 3.68. The molecule has 0 bridgehead atoms. The lowest BCUT2D eigenvalue weighted by Crippen LogP contribution is -2.19. The predicted molar refractivity (Wildman–Crippen MR) is 70.5 cm³/mol. The average molecular weight is 227 g/mol. The molecule has 0 aliphatic heterocycles. The van der Waals surface area contributed by atoms with E-state index in [0.29, 0.717) is 5.78 Å². The van der Waals surface area contributed by atoms with Gasteiger partial charge in [-0.25, -0.2) is 0 Å².